The van der Waals surface area contributed by atoms with Gasteiger partial charge in [0.15, 0.2) is 5.60 Å². The zero-order valence-corrected chi connectivity index (χ0v) is 30.6. The molecule has 1 saturated heterocycles. The Morgan fingerprint density at radius 2 is 1.71 bits per heavy atom. The van der Waals surface area contributed by atoms with Gasteiger partial charge in [-0.25, -0.2) is 0 Å². The van der Waals surface area contributed by atoms with Crippen LogP contribution >= 0.6 is 0 Å². The molecule has 0 aliphatic carbocycles. The molecule has 1 N–H and O–H groups in total. The van der Waals surface area contributed by atoms with Gasteiger partial charge in [0.25, 0.3) is 5.91 Å². The van der Waals surface area contributed by atoms with Crippen molar-refractivity contribution in [3.8, 4) is 11.5 Å². The van der Waals surface area contributed by atoms with Crippen LogP contribution in [0.15, 0.2) is 79.0 Å². The van der Waals surface area contributed by atoms with E-state index in [9.17, 15) is 5.11 Å². The number of anilines is 1. The van der Waals surface area contributed by atoms with Gasteiger partial charge in [-0.1, -0.05) is 79.0 Å². The lowest BCUT2D eigenvalue weighted by Gasteiger charge is -2.40. The number of carbonyl (C=O) groups is 1. The van der Waals surface area contributed by atoms with Crippen LogP contribution in [-0.2, 0) is 21.7 Å². The highest BCUT2D eigenvalue weighted by Gasteiger charge is 2.68. The van der Waals surface area contributed by atoms with Crippen LogP contribution in [0.2, 0.25) is 18.6 Å². The summed E-state index contributed by atoms with van der Waals surface area (Å²) in [5.41, 5.74) is 3.56. The largest absolute Gasteiger partial charge is 0.497 e. The van der Waals surface area contributed by atoms with Gasteiger partial charge in [-0.2, -0.15) is 0 Å². The smallest absolute Gasteiger partial charge is 0.265 e. The number of fused-ring (bicyclic) bond motifs is 1. The Kier molecular flexibility index (Phi) is 8.12. The fourth-order valence-corrected chi connectivity index (χ4v) is 12.9. The van der Waals surface area contributed by atoms with Crippen LogP contribution in [0.25, 0.3) is 5.57 Å². The number of methoxy groups -OCH3 is 2. The highest BCUT2D eigenvalue weighted by atomic mass is 28.3. The Hall–Kier alpha value is -4.25. The highest BCUT2D eigenvalue weighted by molar-refractivity contribution is 6.91. The Labute approximate surface area is 289 Å². The topological polar surface area (TPSA) is 98.9 Å². The second-order valence-corrected chi connectivity index (χ2v) is 19.5. The first-order valence-corrected chi connectivity index (χ1v) is 20.1. The van der Waals surface area contributed by atoms with Gasteiger partial charge >= 0.3 is 0 Å². The lowest BCUT2D eigenvalue weighted by molar-refractivity contribution is -0.146. The van der Waals surface area contributed by atoms with Crippen molar-refractivity contribution in [2.24, 2.45) is 5.92 Å². The Balaban J connectivity index is 1.30. The number of aliphatic hydroxyl groups is 1. The number of nitrogens with zero attached hydrogens (tertiary/aromatic N) is 4. The molecule has 1 fully saturated rings. The first-order chi connectivity index (χ1) is 23.3. The molecule has 4 heterocycles. The first kappa shape index (κ1) is 33.3. The summed E-state index contributed by atoms with van der Waals surface area (Å²) < 4.78 is 20.4. The molecule has 0 bridgehead atoms. The van der Waals surface area contributed by atoms with Gasteiger partial charge in [0.1, 0.15) is 23.3 Å². The molecule has 4 aromatic rings. The SMILES string of the molecule is COc1ccc([Si](C)(C)[C@H]2[C@H](CCn3cc([C@H](O)c4ccccc4)nn3)O[C@@]3(C(=O)N4c5c(cc(OC)cc53)C(C)=CC4(C)C)[C@@H]2C)cc1. The summed E-state index contributed by atoms with van der Waals surface area (Å²) in [6.07, 6.45) is 3.48. The molecule has 3 aliphatic rings. The van der Waals surface area contributed by atoms with Crippen molar-refractivity contribution >= 4 is 30.4 Å². The van der Waals surface area contributed by atoms with E-state index in [0.717, 1.165) is 33.7 Å². The minimum absolute atomic E-state index is 0.0145. The van der Waals surface area contributed by atoms with Gasteiger partial charge in [0, 0.05) is 23.6 Å². The van der Waals surface area contributed by atoms with Crippen molar-refractivity contribution in [1.82, 2.24) is 15.0 Å². The zero-order valence-electron chi connectivity index (χ0n) is 29.6. The third-order valence-electron chi connectivity index (χ3n) is 11.2. The number of hydrogen-bond acceptors (Lipinski definition) is 7. The van der Waals surface area contributed by atoms with E-state index in [0.29, 0.717) is 24.4 Å². The number of aryl methyl sites for hydroxylation is 1. The summed E-state index contributed by atoms with van der Waals surface area (Å²) >= 11 is 0. The number of benzene rings is 3. The molecule has 3 aromatic carbocycles. The monoisotopic (exact) mass is 678 g/mol. The number of hydrogen-bond donors (Lipinski definition) is 1. The molecule has 49 heavy (non-hydrogen) atoms. The van der Waals surface area contributed by atoms with Gasteiger partial charge in [0.05, 0.1) is 45.8 Å². The standard InChI is InChI=1S/C39H46N4O5Si/c1-24-22-38(3,4)43-34-30(24)20-28(47-6)21-31(34)39(37(43)45)25(2)36(49(7,8)29-16-14-27(46-5)15-17-29)33(48-39)18-19-42-23-32(40-41-42)35(44)26-12-10-9-11-13-26/h9-17,20-23,25,33,35-36,44H,18-19H2,1-8H3/t25-,33+,35-,36-,39+/m1/s1. The highest BCUT2D eigenvalue weighted by Crippen LogP contribution is 2.63. The molecule has 9 nitrogen and oxygen atoms in total. The van der Waals surface area contributed by atoms with Crippen LogP contribution in [0.4, 0.5) is 5.69 Å². The van der Waals surface area contributed by atoms with Crippen molar-refractivity contribution in [2.75, 3.05) is 19.1 Å². The fourth-order valence-electron chi connectivity index (χ4n) is 8.86. The second-order valence-electron chi connectivity index (χ2n) is 14.9. The van der Waals surface area contributed by atoms with Crippen LogP contribution in [0.5, 0.6) is 11.5 Å². The van der Waals surface area contributed by atoms with Gasteiger partial charge in [-0.15, -0.1) is 5.10 Å². The number of allylic oxidation sites excluding steroid dienone is 1. The van der Waals surface area contributed by atoms with Gasteiger partial charge < -0.3 is 19.3 Å². The molecule has 10 heteroatoms. The predicted molar refractivity (Wildman–Crippen MR) is 193 cm³/mol. The molecule has 256 valence electrons. The van der Waals surface area contributed by atoms with E-state index in [1.165, 1.54) is 5.19 Å². The molecule has 0 unspecified atom stereocenters. The molecule has 0 radical (unpaired) electrons. The van der Waals surface area contributed by atoms with Crippen LogP contribution in [-0.4, -0.2) is 59.9 Å². The summed E-state index contributed by atoms with van der Waals surface area (Å²) in [7, 11) is 1.03. The summed E-state index contributed by atoms with van der Waals surface area (Å²) in [4.78, 5) is 17.1. The van der Waals surface area contributed by atoms with E-state index in [4.69, 9.17) is 14.2 Å². The molecular formula is C39H46N4O5Si. The predicted octanol–water partition coefficient (Wildman–Crippen LogP) is 6.23. The summed E-state index contributed by atoms with van der Waals surface area (Å²) in [6, 6.07) is 21.9. The van der Waals surface area contributed by atoms with E-state index < -0.39 is 25.3 Å². The lowest BCUT2D eigenvalue weighted by Crippen LogP contribution is -2.54. The van der Waals surface area contributed by atoms with Crippen molar-refractivity contribution in [2.45, 2.75) is 82.6 Å². The van der Waals surface area contributed by atoms with Crippen molar-refractivity contribution < 1.29 is 24.1 Å². The normalized spacial score (nSPS) is 24.6. The maximum absolute atomic E-state index is 15.1. The van der Waals surface area contributed by atoms with Gasteiger partial charge in [-0.05, 0) is 68.1 Å². The first-order valence-electron chi connectivity index (χ1n) is 17.1. The van der Waals surface area contributed by atoms with Crippen LogP contribution in [0.1, 0.15) is 62.6 Å². The Bertz CT molecular complexity index is 1920. The van der Waals surface area contributed by atoms with Gasteiger partial charge in [-0.3, -0.25) is 14.4 Å². The molecule has 1 spiro atoms. The molecular weight excluding hydrogens is 633 g/mol. The van der Waals surface area contributed by atoms with Crippen molar-refractivity contribution in [3.05, 3.63) is 101 Å². The third-order valence-corrected chi connectivity index (χ3v) is 15.6. The average Bonchev–Trinajstić information content (AvgIpc) is 3.76. The maximum Gasteiger partial charge on any atom is 0.265 e. The van der Waals surface area contributed by atoms with Crippen molar-refractivity contribution in [1.29, 1.82) is 0 Å². The minimum atomic E-state index is -2.33. The molecule has 0 saturated carbocycles. The van der Waals surface area contributed by atoms with E-state index in [-0.39, 0.29) is 23.5 Å². The summed E-state index contributed by atoms with van der Waals surface area (Å²) in [5, 5.41) is 21.0. The summed E-state index contributed by atoms with van der Waals surface area (Å²) in [6.45, 7) is 13.8. The minimum Gasteiger partial charge on any atom is -0.497 e. The van der Waals surface area contributed by atoms with Crippen molar-refractivity contribution in [3.63, 3.8) is 0 Å². The Morgan fingerprint density at radius 3 is 2.39 bits per heavy atom. The molecule has 1 amide bonds. The Morgan fingerprint density at radius 1 is 1.02 bits per heavy atom. The summed E-state index contributed by atoms with van der Waals surface area (Å²) in [5.74, 6) is 1.37. The quantitative estimate of drug-likeness (QED) is 0.210. The third kappa shape index (κ3) is 5.14. The number of amides is 1. The second kappa shape index (κ2) is 12.0. The molecule has 1 aromatic heterocycles. The number of aromatic nitrogens is 3. The number of aliphatic hydroxyl groups excluding tert-OH is 1. The molecule has 7 rings (SSSR count). The molecule has 3 aliphatic heterocycles. The molecule has 5 atom stereocenters. The van der Waals surface area contributed by atoms with E-state index >= 15 is 4.79 Å². The van der Waals surface area contributed by atoms with Crippen LogP contribution < -0.4 is 19.6 Å². The van der Waals surface area contributed by atoms with E-state index in [1.54, 1.807) is 25.1 Å². The van der Waals surface area contributed by atoms with E-state index in [1.807, 2.05) is 59.5 Å². The zero-order chi connectivity index (χ0) is 34.9. The fraction of sp³-hybridized carbons (Fsp3) is 0.410. The van der Waals surface area contributed by atoms with E-state index in [2.05, 4.69) is 69.3 Å². The number of carbonyl (C=O) groups excluding carboxylic acids is 1. The average molecular weight is 679 g/mol. The van der Waals surface area contributed by atoms with Crippen LogP contribution in [0, 0.1) is 5.92 Å². The lowest BCUT2D eigenvalue weighted by atomic mass is 9.81. The number of rotatable bonds is 9. The van der Waals surface area contributed by atoms with Gasteiger partial charge in [0.2, 0.25) is 0 Å². The van der Waals surface area contributed by atoms with Crippen LogP contribution in [0.3, 0.4) is 0 Å². The maximum atomic E-state index is 15.1. The number of ether oxygens (including phenoxy) is 3.